The molecule has 0 saturated carbocycles. The van der Waals surface area contributed by atoms with Gasteiger partial charge < -0.3 is 20.1 Å². The van der Waals surface area contributed by atoms with Gasteiger partial charge in [0.1, 0.15) is 17.3 Å². The third-order valence-corrected chi connectivity index (χ3v) is 5.10. The van der Waals surface area contributed by atoms with Crippen LogP contribution in [0.5, 0.6) is 0 Å². The molecule has 0 atom stereocenters. The highest BCUT2D eigenvalue weighted by Gasteiger charge is 2.15. The lowest BCUT2D eigenvalue weighted by molar-refractivity contribution is 0.0463. The van der Waals surface area contributed by atoms with E-state index in [0.717, 1.165) is 10.4 Å². The van der Waals surface area contributed by atoms with Crippen molar-refractivity contribution in [3.8, 4) is 0 Å². The van der Waals surface area contributed by atoms with Gasteiger partial charge >= 0.3 is 5.97 Å². The number of nitrogens with one attached hydrogen (secondary N) is 2. The molecular weight excluding hydrogens is 354 g/mol. The molecule has 0 amide bonds. The zero-order valence-electron chi connectivity index (χ0n) is 14.5. The van der Waals surface area contributed by atoms with Crippen LogP contribution in [0.2, 0.25) is 0 Å². The van der Waals surface area contributed by atoms with Crippen molar-refractivity contribution in [2.24, 2.45) is 0 Å². The quantitative estimate of drug-likeness (QED) is 0.573. The number of thiophene rings is 1. The van der Waals surface area contributed by atoms with E-state index in [9.17, 15) is 9.59 Å². The molecule has 7 nitrogen and oxygen atoms in total. The smallest absolute Gasteiger partial charge is 0.340 e. The average Bonchev–Trinajstić information content (AvgIpc) is 2.92. The molecule has 0 bridgehead atoms. The van der Waals surface area contributed by atoms with Crippen LogP contribution in [0.25, 0.3) is 10.2 Å². The zero-order valence-corrected chi connectivity index (χ0v) is 15.3. The highest BCUT2D eigenvalue weighted by atomic mass is 32.1. The first-order valence-corrected chi connectivity index (χ1v) is 8.92. The number of aromatic amines is 1. The van der Waals surface area contributed by atoms with Gasteiger partial charge in [0.25, 0.3) is 5.56 Å². The van der Waals surface area contributed by atoms with Crippen LogP contribution >= 0.6 is 11.3 Å². The van der Waals surface area contributed by atoms with E-state index in [1.165, 1.54) is 11.3 Å². The number of H-pyrrole nitrogens is 1. The number of ether oxygens (including phenoxy) is 1. The summed E-state index contributed by atoms with van der Waals surface area (Å²) < 4.78 is 5.31. The fraction of sp³-hybridized carbons (Fsp3) is 0.278. The number of para-hydroxylation sites is 1. The maximum atomic E-state index is 12.4. The van der Waals surface area contributed by atoms with Crippen LogP contribution in [0.4, 0.5) is 5.69 Å². The number of aliphatic hydroxyl groups excluding tert-OH is 1. The predicted molar refractivity (Wildman–Crippen MR) is 101 cm³/mol. The first-order chi connectivity index (χ1) is 12.5. The number of carbonyl (C=O) groups excluding carboxylic acids is 1. The number of rotatable bonds is 6. The van der Waals surface area contributed by atoms with Crippen LogP contribution < -0.4 is 10.9 Å². The van der Waals surface area contributed by atoms with Crippen LogP contribution in [0.3, 0.4) is 0 Å². The zero-order chi connectivity index (χ0) is 18.7. The SMILES string of the molecule is Cc1sc2nc(COC(=O)c3ccccc3NCCO)[nH]c(=O)c2c1C. The van der Waals surface area contributed by atoms with Gasteiger partial charge in [0.2, 0.25) is 0 Å². The maximum Gasteiger partial charge on any atom is 0.340 e. The second kappa shape index (κ2) is 7.67. The van der Waals surface area contributed by atoms with E-state index in [4.69, 9.17) is 9.84 Å². The van der Waals surface area contributed by atoms with Crippen molar-refractivity contribution >= 4 is 33.2 Å². The van der Waals surface area contributed by atoms with Gasteiger partial charge in [-0.25, -0.2) is 9.78 Å². The number of esters is 1. The van der Waals surface area contributed by atoms with E-state index in [-0.39, 0.29) is 18.8 Å². The largest absolute Gasteiger partial charge is 0.454 e. The molecule has 2 aromatic heterocycles. The molecule has 2 heterocycles. The average molecular weight is 373 g/mol. The normalized spacial score (nSPS) is 10.9. The molecule has 3 rings (SSSR count). The lowest BCUT2D eigenvalue weighted by Gasteiger charge is -2.10. The topological polar surface area (TPSA) is 104 Å². The summed E-state index contributed by atoms with van der Waals surface area (Å²) in [5.74, 6) is -0.231. The molecule has 3 aromatic rings. The van der Waals surface area contributed by atoms with Crippen molar-refractivity contribution in [2.75, 3.05) is 18.5 Å². The Balaban J connectivity index is 1.78. The Morgan fingerprint density at radius 2 is 2.12 bits per heavy atom. The number of anilines is 1. The summed E-state index contributed by atoms with van der Waals surface area (Å²) in [5.41, 5.74) is 1.62. The number of aliphatic hydroxyl groups is 1. The molecule has 0 spiro atoms. The number of fused-ring (bicyclic) bond motifs is 1. The molecular formula is C18H19N3O4S. The van der Waals surface area contributed by atoms with E-state index in [1.54, 1.807) is 24.3 Å². The van der Waals surface area contributed by atoms with Gasteiger partial charge in [0.15, 0.2) is 0 Å². The summed E-state index contributed by atoms with van der Waals surface area (Å²) in [4.78, 5) is 33.4. The lowest BCUT2D eigenvalue weighted by atomic mass is 10.2. The Bertz CT molecular complexity index is 1010. The molecule has 0 saturated heterocycles. The van der Waals surface area contributed by atoms with Crippen LogP contribution in [-0.4, -0.2) is 34.2 Å². The number of benzene rings is 1. The lowest BCUT2D eigenvalue weighted by Crippen LogP contribution is -2.15. The second-order valence-corrected chi connectivity index (χ2v) is 6.95. The van der Waals surface area contributed by atoms with Crippen LogP contribution in [0, 0.1) is 13.8 Å². The summed E-state index contributed by atoms with van der Waals surface area (Å²) in [6.07, 6.45) is 0. The summed E-state index contributed by atoms with van der Waals surface area (Å²) in [6, 6.07) is 6.87. The Morgan fingerprint density at radius 1 is 1.35 bits per heavy atom. The van der Waals surface area contributed by atoms with Crippen molar-refractivity contribution in [1.29, 1.82) is 0 Å². The number of aromatic nitrogens is 2. The second-order valence-electron chi connectivity index (χ2n) is 5.75. The first-order valence-electron chi connectivity index (χ1n) is 8.11. The highest BCUT2D eigenvalue weighted by molar-refractivity contribution is 7.18. The molecule has 0 unspecified atom stereocenters. The molecule has 3 N–H and O–H groups in total. The molecule has 0 aliphatic rings. The fourth-order valence-electron chi connectivity index (χ4n) is 2.59. The molecule has 0 fully saturated rings. The summed E-state index contributed by atoms with van der Waals surface area (Å²) in [7, 11) is 0. The number of carbonyl (C=O) groups is 1. The van der Waals surface area contributed by atoms with Crippen molar-refractivity contribution in [1.82, 2.24) is 9.97 Å². The molecule has 136 valence electrons. The summed E-state index contributed by atoms with van der Waals surface area (Å²) >= 11 is 1.44. The Hall–Kier alpha value is -2.71. The van der Waals surface area contributed by atoms with Gasteiger partial charge in [0.05, 0.1) is 17.6 Å². The van der Waals surface area contributed by atoms with E-state index in [0.29, 0.717) is 33.8 Å². The third-order valence-electron chi connectivity index (χ3n) is 4.00. The molecule has 1 aromatic carbocycles. The van der Waals surface area contributed by atoms with E-state index in [2.05, 4.69) is 15.3 Å². The number of hydrogen-bond acceptors (Lipinski definition) is 7. The molecule has 0 aliphatic carbocycles. The Labute approximate surface area is 153 Å². The standard InChI is InChI=1S/C18H19N3O4S/c1-10-11(2)26-17-15(10)16(23)20-14(21-17)9-25-18(24)12-5-3-4-6-13(12)19-7-8-22/h3-6,19,22H,7-9H2,1-2H3,(H,20,21,23). The monoisotopic (exact) mass is 373 g/mol. The van der Waals surface area contributed by atoms with Crippen LogP contribution in [0.1, 0.15) is 26.6 Å². The van der Waals surface area contributed by atoms with Gasteiger partial charge in [-0.2, -0.15) is 0 Å². The maximum absolute atomic E-state index is 12.4. The minimum atomic E-state index is -0.535. The van der Waals surface area contributed by atoms with Gasteiger partial charge in [-0.3, -0.25) is 4.79 Å². The van der Waals surface area contributed by atoms with Crippen molar-refractivity contribution in [2.45, 2.75) is 20.5 Å². The van der Waals surface area contributed by atoms with Gasteiger partial charge in [-0.15, -0.1) is 11.3 Å². The first kappa shape index (κ1) is 18.1. The van der Waals surface area contributed by atoms with Gasteiger partial charge in [-0.1, -0.05) is 12.1 Å². The number of hydrogen-bond donors (Lipinski definition) is 3. The predicted octanol–water partition coefficient (Wildman–Crippen LogP) is 2.36. The van der Waals surface area contributed by atoms with Crippen molar-refractivity contribution < 1.29 is 14.6 Å². The number of nitrogens with zero attached hydrogens (tertiary/aromatic N) is 1. The van der Waals surface area contributed by atoms with Gasteiger partial charge in [-0.05, 0) is 31.5 Å². The van der Waals surface area contributed by atoms with Crippen molar-refractivity contribution in [3.05, 3.63) is 56.4 Å². The van der Waals surface area contributed by atoms with E-state index >= 15 is 0 Å². The van der Waals surface area contributed by atoms with E-state index < -0.39 is 5.97 Å². The van der Waals surface area contributed by atoms with Crippen LogP contribution in [-0.2, 0) is 11.3 Å². The van der Waals surface area contributed by atoms with Crippen LogP contribution in [0.15, 0.2) is 29.1 Å². The number of aryl methyl sites for hydroxylation is 2. The Morgan fingerprint density at radius 3 is 2.88 bits per heavy atom. The van der Waals surface area contributed by atoms with Crippen molar-refractivity contribution in [3.63, 3.8) is 0 Å². The minimum absolute atomic E-state index is 0.0474. The molecule has 8 heteroatoms. The molecule has 0 aliphatic heterocycles. The Kier molecular flexibility index (Phi) is 5.34. The minimum Gasteiger partial charge on any atom is -0.454 e. The third kappa shape index (κ3) is 3.61. The van der Waals surface area contributed by atoms with E-state index in [1.807, 2.05) is 13.8 Å². The fourth-order valence-corrected chi connectivity index (χ4v) is 3.63. The molecule has 26 heavy (non-hydrogen) atoms. The molecule has 0 radical (unpaired) electrons. The summed E-state index contributed by atoms with van der Waals surface area (Å²) in [5, 5.41) is 12.5. The van der Waals surface area contributed by atoms with Gasteiger partial charge in [0, 0.05) is 17.1 Å². The summed E-state index contributed by atoms with van der Waals surface area (Å²) in [6.45, 7) is 3.98. The highest BCUT2D eigenvalue weighted by Crippen LogP contribution is 2.25.